The fourth-order valence-electron chi connectivity index (χ4n) is 2.50. The topological polar surface area (TPSA) is 107 Å². The summed E-state index contributed by atoms with van der Waals surface area (Å²) in [7, 11) is -2.04. The number of carbonyl (C=O) groups excluding carboxylic acids is 1. The lowest BCUT2D eigenvalue weighted by Crippen LogP contribution is -2.23. The second-order valence-electron chi connectivity index (χ2n) is 6.11. The van der Waals surface area contributed by atoms with E-state index in [1.165, 1.54) is 6.07 Å². The molecule has 8 nitrogen and oxygen atoms in total. The van der Waals surface area contributed by atoms with Gasteiger partial charge in [-0.3, -0.25) is 9.52 Å². The highest BCUT2D eigenvalue weighted by molar-refractivity contribution is 7.94. The van der Waals surface area contributed by atoms with E-state index in [2.05, 4.69) is 15.0 Å². The van der Waals surface area contributed by atoms with Gasteiger partial charge in [0.1, 0.15) is 10.8 Å². The molecule has 1 amide bonds. The maximum absolute atomic E-state index is 12.4. The van der Waals surface area contributed by atoms with Crippen molar-refractivity contribution in [2.75, 3.05) is 25.0 Å². The highest BCUT2D eigenvalue weighted by Crippen LogP contribution is 2.20. The van der Waals surface area contributed by atoms with Crippen molar-refractivity contribution in [3.63, 3.8) is 0 Å². The van der Waals surface area contributed by atoms with Crippen LogP contribution < -0.4 is 14.8 Å². The van der Waals surface area contributed by atoms with Crippen LogP contribution in [0.4, 0.5) is 5.69 Å². The number of methoxy groups -OCH3 is 1. The first kappa shape index (κ1) is 21.8. The number of amides is 1. The van der Waals surface area contributed by atoms with E-state index in [0.717, 1.165) is 16.9 Å². The van der Waals surface area contributed by atoms with Gasteiger partial charge in [0.15, 0.2) is 0 Å². The van der Waals surface area contributed by atoms with Crippen LogP contribution in [-0.4, -0.2) is 39.6 Å². The average molecular weight is 448 g/mol. The zero-order chi connectivity index (χ0) is 21.4. The SMILES string of the molecule is COCCOc1ncccc1CNC(=O)c1ccc(NS(=O)(=O)c2cccs2)cc1. The second kappa shape index (κ2) is 10.2. The van der Waals surface area contributed by atoms with Crippen molar-refractivity contribution in [3.05, 3.63) is 71.2 Å². The van der Waals surface area contributed by atoms with Crippen LogP contribution in [0.25, 0.3) is 0 Å². The number of pyridine rings is 1. The molecule has 0 unspecified atom stereocenters. The number of aromatic nitrogens is 1. The molecule has 2 heterocycles. The molecular weight excluding hydrogens is 426 g/mol. The van der Waals surface area contributed by atoms with Gasteiger partial charge in [-0.15, -0.1) is 11.3 Å². The molecule has 0 saturated heterocycles. The normalized spacial score (nSPS) is 11.1. The molecule has 0 radical (unpaired) electrons. The number of hydrogen-bond donors (Lipinski definition) is 2. The van der Waals surface area contributed by atoms with E-state index in [-0.39, 0.29) is 16.7 Å². The van der Waals surface area contributed by atoms with Gasteiger partial charge in [0.05, 0.1) is 6.61 Å². The van der Waals surface area contributed by atoms with Gasteiger partial charge >= 0.3 is 0 Å². The molecule has 158 valence electrons. The van der Waals surface area contributed by atoms with Crippen LogP contribution in [-0.2, 0) is 21.3 Å². The number of rotatable bonds is 10. The zero-order valence-electron chi connectivity index (χ0n) is 16.2. The van der Waals surface area contributed by atoms with Crippen molar-refractivity contribution < 1.29 is 22.7 Å². The van der Waals surface area contributed by atoms with Crippen molar-refractivity contribution in [3.8, 4) is 5.88 Å². The fraction of sp³-hybridized carbons (Fsp3) is 0.200. The third-order valence-corrected chi connectivity index (χ3v) is 6.75. The highest BCUT2D eigenvalue weighted by Gasteiger charge is 2.15. The largest absolute Gasteiger partial charge is 0.475 e. The standard InChI is InChI=1S/C20H21N3O5S2/c1-27-11-12-28-20-16(4-2-10-21-20)14-22-19(24)15-6-8-17(9-7-15)23-30(25,26)18-5-3-13-29-18/h2-10,13,23H,11-12,14H2,1H3,(H,22,24). The minimum atomic E-state index is -3.63. The molecule has 1 aromatic carbocycles. The Bertz CT molecular complexity index is 1070. The molecule has 0 aliphatic rings. The van der Waals surface area contributed by atoms with E-state index in [1.54, 1.807) is 55.1 Å². The number of nitrogens with zero attached hydrogens (tertiary/aromatic N) is 1. The number of sulfonamides is 1. The molecule has 30 heavy (non-hydrogen) atoms. The molecule has 0 bridgehead atoms. The molecule has 0 atom stereocenters. The van der Waals surface area contributed by atoms with E-state index in [0.29, 0.717) is 30.3 Å². The maximum atomic E-state index is 12.4. The Morgan fingerprint density at radius 1 is 1.10 bits per heavy atom. The van der Waals surface area contributed by atoms with Crippen LogP contribution in [0.2, 0.25) is 0 Å². The Balaban J connectivity index is 1.59. The van der Waals surface area contributed by atoms with Crippen molar-refractivity contribution in [2.45, 2.75) is 10.8 Å². The molecule has 0 fully saturated rings. The number of nitrogens with one attached hydrogen (secondary N) is 2. The fourth-order valence-corrected chi connectivity index (χ4v) is 4.55. The van der Waals surface area contributed by atoms with Crippen LogP contribution in [0.3, 0.4) is 0 Å². The van der Waals surface area contributed by atoms with E-state index in [9.17, 15) is 13.2 Å². The van der Waals surface area contributed by atoms with Gasteiger partial charge < -0.3 is 14.8 Å². The summed E-state index contributed by atoms with van der Waals surface area (Å²) in [5, 5.41) is 4.50. The molecule has 0 spiro atoms. The highest BCUT2D eigenvalue weighted by atomic mass is 32.2. The van der Waals surface area contributed by atoms with Crippen LogP contribution in [0.15, 0.2) is 64.3 Å². The summed E-state index contributed by atoms with van der Waals surface area (Å²) < 4.78 is 37.8. The maximum Gasteiger partial charge on any atom is 0.271 e. The van der Waals surface area contributed by atoms with Crippen molar-refractivity contribution in [1.82, 2.24) is 10.3 Å². The summed E-state index contributed by atoms with van der Waals surface area (Å²) in [5.74, 6) is 0.141. The first-order valence-corrected chi connectivity index (χ1v) is 11.4. The number of thiophene rings is 1. The lowest BCUT2D eigenvalue weighted by atomic mass is 10.2. The summed E-state index contributed by atoms with van der Waals surface area (Å²) in [6.07, 6.45) is 1.61. The summed E-state index contributed by atoms with van der Waals surface area (Å²) in [6.45, 7) is 1.03. The number of ether oxygens (including phenoxy) is 2. The average Bonchev–Trinajstić information content (AvgIpc) is 3.29. The predicted octanol–water partition coefficient (Wildman–Crippen LogP) is 2.90. The molecule has 2 N–H and O–H groups in total. The summed E-state index contributed by atoms with van der Waals surface area (Å²) in [5.41, 5.74) is 1.52. The quantitative estimate of drug-likeness (QED) is 0.463. The number of anilines is 1. The molecule has 0 aliphatic heterocycles. The molecule has 3 aromatic rings. The van der Waals surface area contributed by atoms with Gasteiger partial charge in [0.25, 0.3) is 15.9 Å². The van der Waals surface area contributed by atoms with Crippen LogP contribution in [0.1, 0.15) is 15.9 Å². The second-order valence-corrected chi connectivity index (χ2v) is 8.96. The third kappa shape index (κ3) is 5.78. The lowest BCUT2D eigenvalue weighted by molar-refractivity contribution is 0.0950. The van der Waals surface area contributed by atoms with Crippen molar-refractivity contribution in [1.29, 1.82) is 0 Å². The van der Waals surface area contributed by atoms with E-state index in [4.69, 9.17) is 9.47 Å². The Morgan fingerprint density at radius 3 is 2.60 bits per heavy atom. The van der Waals surface area contributed by atoms with Crippen LogP contribution in [0, 0.1) is 0 Å². The Hall–Kier alpha value is -2.95. The van der Waals surface area contributed by atoms with E-state index in [1.807, 2.05) is 6.07 Å². The Labute approximate surface area is 178 Å². The van der Waals surface area contributed by atoms with Gasteiger partial charge in [-0.25, -0.2) is 13.4 Å². The Morgan fingerprint density at radius 2 is 1.90 bits per heavy atom. The van der Waals surface area contributed by atoms with Crippen molar-refractivity contribution >= 4 is 33.0 Å². The third-order valence-electron chi connectivity index (χ3n) is 3.97. The van der Waals surface area contributed by atoms with Crippen LogP contribution in [0.5, 0.6) is 5.88 Å². The minimum absolute atomic E-state index is 0.226. The summed E-state index contributed by atoms with van der Waals surface area (Å²) in [6, 6.07) is 13.0. The van der Waals surface area contributed by atoms with Gasteiger partial charge in [0, 0.05) is 36.7 Å². The van der Waals surface area contributed by atoms with Crippen molar-refractivity contribution in [2.24, 2.45) is 0 Å². The molecular formula is C20H21N3O5S2. The van der Waals surface area contributed by atoms with Gasteiger partial charge in [-0.05, 0) is 41.8 Å². The number of benzene rings is 1. The molecule has 10 heteroatoms. The summed E-state index contributed by atoms with van der Waals surface area (Å²) in [4.78, 5) is 16.6. The lowest BCUT2D eigenvalue weighted by Gasteiger charge is -2.11. The van der Waals surface area contributed by atoms with E-state index >= 15 is 0 Å². The first-order chi connectivity index (χ1) is 14.5. The number of hydrogen-bond acceptors (Lipinski definition) is 7. The monoisotopic (exact) mass is 447 g/mol. The zero-order valence-corrected chi connectivity index (χ0v) is 17.8. The molecule has 3 rings (SSSR count). The number of carbonyl (C=O) groups is 1. The predicted molar refractivity (Wildman–Crippen MR) is 114 cm³/mol. The van der Waals surface area contributed by atoms with Gasteiger partial charge in [-0.2, -0.15) is 0 Å². The minimum Gasteiger partial charge on any atom is -0.475 e. The summed E-state index contributed by atoms with van der Waals surface area (Å²) >= 11 is 1.13. The Kier molecular flexibility index (Phi) is 7.39. The molecule has 0 saturated carbocycles. The molecule has 2 aromatic heterocycles. The molecule has 0 aliphatic carbocycles. The van der Waals surface area contributed by atoms with Crippen LogP contribution >= 0.6 is 11.3 Å². The van der Waals surface area contributed by atoms with Gasteiger partial charge in [0.2, 0.25) is 5.88 Å². The van der Waals surface area contributed by atoms with Gasteiger partial charge in [-0.1, -0.05) is 12.1 Å². The first-order valence-electron chi connectivity index (χ1n) is 9.00. The smallest absolute Gasteiger partial charge is 0.271 e. The van der Waals surface area contributed by atoms with E-state index < -0.39 is 10.0 Å².